The van der Waals surface area contributed by atoms with Crippen molar-refractivity contribution in [1.29, 1.82) is 0 Å². The molecule has 0 radical (unpaired) electrons. The predicted molar refractivity (Wildman–Crippen MR) is 298 cm³/mol. The Morgan fingerprint density at radius 2 is 0.974 bits per heavy atom. The maximum Gasteiger partial charge on any atom is 0.264 e. The van der Waals surface area contributed by atoms with Crippen LogP contribution >= 0.6 is 33.9 Å². The minimum atomic E-state index is -3.40. The van der Waals surface area contributed by atoms with Crippen LogP contribution < -0.4 is 19.3 Å². The number of benzene rings is 2. The molecular formula is C54H75Cl3F2N6O10S2. The molecule has 4 heterocycles. The lowest BCUT2D eigenvalue weighted by Gasteiger charge is -2.31. The molecule has 2 aromatic carbocycles. The van der Waals surface area contributed by atoms with E-state index in [4.69, 9.17) is 37.8 Å². The van der Waals surface area contributed by atoms with Gasteiger partial charge in [-0.2, -0.15) is 8.42 Å². The maximum absolute atomic E-state index is 14.5. The van der Waals surface area contributed by atoms with Crippen LogP contribution in [0, 0.1) is 23.5 Å². The van der Waals surface area contributed by atoms with Gasteiger partial charge in [-0.3, -0.25) is 13.8 Å². The van der Waals surface area contributed by atoms with E-state index in [0.29, 0.717) is 83.4 Å². The van der Waals surface area contributed by atoms with Crippen LogP contribution in [0.2, 0.25) is 10.0 Å². The van der Waals surface area contributed by atoms with E-state index in [0.717, 1.165) is 140 Å². The van der Waals surface area contributed by atoms with Crippen molar-refractivity contribution in [1.82, 2.24) is 19.9 Å². The van der Waals surface area contributed by atoms with E-state index in [2.05, 4.69) is 44.6 Å². The van der Waals surface area contributed by atoms with E-state index < -0.39 is 25.0 Å². The van der Waals surface area contributed by atoms with Crippen molar-refractivity contribution in [3.63, 3.8) is 0 Å². The first-order valence-corrected chi connectivity index (χ1v) is 31.7. The van der Waals surface area contributed by atoms with Crippen molar-refractivity contribution in [2.24, 2.45) is 11.8 Å². The smallest absolute Gasteiger partial charge is 0.264 e. The zero-order valence-electron chi connectivity index (χ0n) is 44.2. The standard InChI is InChI=1S/C27H37ClFN3O5S.C26H35ClFN3O3.CH3ClO2S/c1-38(34,35)37-16-5-3-2-4-8-24(33)17-22-9-10-25(18-26(22)29)36-15-6-7-21-11-13-32(14-12-21)27-30-19-23(28)20-31-27;27-22-18-29-26(30-19-22)31-12-10-20(11-13-31)6-5-15-34-24-9-8-21(25(28)17-24)16-23(33)7-3-1-2-4-14-32;1-5(2,3)4/h9-10,18-21H,2-8,11-17H2,1H3;8-9,17-20,32H,1-7,10-16H2;1H3. The molecule has 0 atom stereocenters. The van der Waals surface area contributed by atoms with Gasteiger partial charge in [0.05, 0.1) is 67.2 Å². The number of Topliss-reactive ketones (excluding diaryl/α,β-unsaturated/α-hetero) is 2. The summed E-state index contributed by atoms with van der Waals surface area (Å²) < 4.78 is 85.7. The number of piperidine rings is 2. The predicted octanol–water partition coefficient (Wildman–Crippen LogP) is 11.0. The van der Waals surface area contributed by atoms with Gasteiger partial charge in [0.25, 0.3) is 10.1 Å². The van der Waals surface area contributed by atoms with Crippen molar-refractivity contribution >= 4 is 76.5 Å². The Morgan fingerprint density at radius 1 is 0.597 bits per heavy atom. The van der Waals surface area contributed by atoms with Crippen LogP contribution in [-0.4, -0.2) is 119 Å². The van der Waals surface area contributed by atoms with Crippen molar-refractivity contribution in [2.45, 2.75) is 128 Å². The van der Waals surface area contributed by atoms with E-state index in [1.54, 1.807) is 49.1 Å². The summed E-state index contributed by atoms with van der Waals surface area (Å²) in [6.07, 6.45) is 24.0. The van der Waals surface area contributed by atoms with Gasteiger partial charge in [-0.1, -0.05) is 61.0 Å². The number of hydrogen-bond acceptors (Lipinski definition) is 16. The van der Waals surface area contributed by atoms with Gasteiger partial charge in [-0.05, 0) is 112 Å². The number of aliphatic hydroxyl groups excluding tert-OH is 1. The van der Waals surface area contributed by atoms with Gasteiger partial charge in [0, 0.05) is 81.3 Å². The minimum Gasteiger partial charge on any atom is -0.493 e. The lowest BCUT2D eigenvalue weighted by molar-refractivity contribution is -0.119. The first-order valence-electron chi connectivity index (χ1n) is 26.4. The lowest BCUT2D eigenvalue weighted by atomic mass is 9.92. The molecule has 4 aromatic rings. The summed E-state index contributed by atoms with van der Waals surface area (Å²) in [5.74, 6) is 2.91. The average molecular weight is 1180 g/mol. The fourth-order valence-electron chi connectivity index (χ4n) is 8.80. The number of halogens is 5. The molecule has 1 N–H and O–H groups in total. The van der Waals surface area contributed by atoms with Crippen molar-refractivity contribution in [2.75, 3.05) is 74.9 Å². The molecule has 0 spiro atoms. The molecule has 0 unspecified atom stereocenters. The Kier molecular flexibility index (Phi) is 29.9. The quantitative estimate of drug-likeness (QED) is 0.0292. The highest BCUT2D eigenvalue weighted by Gasteiger charge is 2.22. The first-order chi connectivity index (χ1) is 36.7. The van der Waals surface area contributed by atoms with Crippen LogP contribution in [0.3, 0.4) is 0 Å². The number of aliphatic hydroxyl groups is 1. The highest BCUT2D eigenvalue weighted by Crippen LogP contribution is 2.27. The Bertz CT molecular complexity index is 2590. The van der Waals surface area contributed by atoms with E-state index in [1.807, 2.05) is 0 Å². The Morgan fingerprint density at radius 3 is 1.34 bits per heavy atom. The molecule has 2 aromatic heterocycles. The second-order valence-electron chi connectivity index (χ2n) is 19.4. The summed E-state index contributed by atoms with van der Waals surface area (Å²) >= 11 is 11.7. The van der Waals surface area contributed by atoms with Gasteiger partial charge < -0.3 is 24.4 Å². The summed E-state index contributed by atoms with van der Waals surface area (Å²) in [7, 11) is -2.09. The SMILES string of the molecule is CS(=O)(=O)Cl.CS(=O)(=O)OCCCCCCC(=O)Cc1ccc(OCCCC2CCN(c3ncc(Cl)cn3)CC2)cc1F.O=C(CCCCCCO)Cc1ccc(OCCCC2CCN(c3ncc(Cl)cn3)CC2)cc1F. The maximum atomic E-state index is 14.5. The number of hydrogen-bond donors (Lipinski definition) is 1. The fraction of sp³-hybridized carbons (Fsp3) is 0.593. The normalized spacial score (nSPS) is 14.3. The van der Waals surface area contributed by atoms with Gasteiger partial charge in [0.1, 0.15) is 34.7 Å². The number of rotatable bonds is 30. The van der Waals surface area contributed by atoms with Crippen LogP contribution in [0.15, 0.2) is 61.2 Å². The van der Waals surface area contributed by atoms with Crippen LogP contribution in [0.5, 0.6) is 11.5 Å². The molecule has 0 amide bonds. The number of aromatic nitrogens is 4. The third-order valence-corrected chi connectivity index (χ3v) is 13.9. The van der Waals surface area contributed by atoms with Gasteiger partial charge >= 0.3 is 0 Å². The zero-order chi connectivity index (χ0) is 56.1. The molecule has 16 nitrogen and oxygen atoms in total. The Balaban J connectivity index is 0.000000307. The zero-order valence-corrected chi connectivity index (χ0v) is 48.1. The minimum absolute atomic E-state index is 0.0152. The third-order valence-electron chi connectivity index (χ3n) is 12.9. The largest absolute Gasteiger partial charge is 0.493 e. The van der Waals surface area contributed by atoms with Crippen molar-refractivity contribution < 1.29 is 54.0 Å². The molecule has 2 fully saturated rings. The molecular weight excluding hydrogens is 1100 g/mol. The average Bonchev–Trinajstić information content (AvgIpc) is 3.38. The molecule has 2 saturated heterocycles. The van der Waals surface area contributed by atoms with Crippen LogP contribution in [0.25, 0.3) is 0 Å². The highest BCUT2D eigenvalue weighted by molar-refractivity contribution is 8.13. The summed E-state index contributed by atoms with van der Waals surface area (Å²) in [4.78, 5) is 45.9. The number of nitrogens with zero attached hydrogens (tertiary/aromatic N) is 6. The summed E-state index contributed by atoms with van der Waals surface area (Å²) in [6, 6.07) is 9.49. The van der Waals surface area contributed by atoms with Crippen LogP contribution in [-0.2, 0) is 45.8 Å². The second-order valence-corrected chi connectivity index (χ2v) is 25.0. The fourth-order valence-corrected chi connectivity index (χ4v) is 9.42. The van der Waals surface area contributed by atoms with Crippen LogP contribution in [0.4, 0.5) is 20.7 Å². The molecule has 0 aliphatic carbocycles. The number of ketones is 2. The van der Waals surface area contributed by atoms with Gasteiger partial charge in [0.2, 0.25) is 20.9 Å². The summed E-state index contributed by atoms with van der Waals surface area (Å²) in [5, 5.41) is 9.85. The molecule has 6 rings (SSSR count). The number of carbonyl (C=O) groups is 2. The molecule has 2 aliphatic heterocycles. The first kappa shape index (κ1) is 65.2. The monoisotopic (exact) mass is 1170 g/mol. The van der Waals surface area contributed by atoms with E-state index >= 15 is 0 Å². The topological polar surface area (TPSA) is 208 Å². The number of unbranched alkanes of at least 4 members (excludes halogenated alkanes) is 6. The van der Waals surface area contributed by atoms with E-state index in [1.165, 1.54) is 12.1 Å². The molecule has 428 valence electrons. The highest BCUT2D eigenvalue weighted by atomic mass is 35.7. The number of carbonyl (C=O) groups excluding carboxylic acids is 2. The Labute approximate surface area is 468 Å². The van der Waals surface area contributed by atoms with Crippen molar-refractivity contribution in [3.05, 3.63) is 94.0 Å². The molecule has 0 bridgehead atoms. The third kappa shape index (κ3) is 28.9. The van der Waals surface area contributed by atoms with E-state index in [9.17, 15) is 35.2 Å². The molecule has 23 heteroatoms. The molecule has 2 aliphatic rings. The Hall–Kier alpha value is -4.31. The summed E-state index contributed by atoms with van der Waals surface area (Å²) in [5.41, 5.74) is 0.796. The van der Waals surface area contributed by atoms with Crippen LogP contribution in [0.1, 0.15) is 127 Å². The van der Waals surface area contributed by atoms with Gasteiger partial charge in [0.15, 0.2) is 0 Å². The lowest BCUT2D eigenvalue weighted by Crippen LogP contribution is -2.34. The second kappa shape index (κ2) is 35.3. The number of ether oxygens (including phenoxy) is 2. The van der Waals surface area contributed by atoms with Gasteiger partial charge in [-0.15, -0.1) is 0 Å². The van der Waals surface area contributed by atoms with Crippen molar-refractivity contribution in [3.8, 4) is 11.5 Å². The number of anilines is 2. The summed E-state index contributed by atoms with van der Waals surface area (Å²) in [6.45, 7) is 5.11. The molecule has 0 saturated carbocycles. The molecule has 77 heavy (non-hydrogen) atoms. The van der Waals surface area contributed by atoms with E-state index in [-0.39, 0.29) is 43.4 Å². The van der Waals surface area contributed by atoms with Gasteiger partial charge in [-0.25, -0.2) is 37.1 Å².